The van der Waals surface area contributed by atoms with E-state index in [1.807, 2.05) is 42.5 Å². The van der Waals surface area contributed by atoms with Gasteiger partial charge in [-0.3, -0.25) is 0 Å². The van der Waals surface area contributed by atoms with Crippen molar-refractivity contribution >= 4 is 0 Å². The minimum Gasteiger partial charge on any atom is -0.497 e. The zero-order chi connectivity index (χ0) is 17.8. The third-order valence-electron chi connectivity index (χ3n) is 4.79. The molecule has 128 valence electrons. The Balaban J connectivity index is 1.76. The molecule has 1 unspecified atom stereocenters. The van der Waals surface area contributed by atoms with Crippen LogP contribution in [0.15, 0.2) is 72.8 Å². The van der Waals surface area contributed by atoms with Crippen LogP contribution in [-0.4, -0.2) is 13.7 Å². The molecule has 0 saturated carbocycles. The molecule has 0 amide bonds. The molecule has 26 heavy (non-hydrogen) atoms. The molecule has 0 spiro atoms. The lowest BCUT2D eigenvalue weighted by atomic mass is 9.87. The molecular weight excluding hydrogens is 318 g/mol. The Hall–Kier alpha value is -3.02. The third-order valence-corrected chi connectivity index (χ3v) is 4.79. The van der Waals surface area contributed by atoms with Gasteiger partial charge in [-0.1, -0.05) is 54.3 Å². The Morgan fingerprint density at radius 1 is 0.885 bits per heavy atom. The van der Waals surface area contributed by atoms with Gasteiger partial charge in [0.1, 0.15) is 5.75 Å². The highest BCUT2D eigenvalue weighted by atomic mass is 16.5. The number of hydrogen-bond acceptors (Lipinski definition) is 2. The number of benzene rings is 3. The summed E-state index contributed by atoms with van der Waals surface area (Å²) in [4.78, 5) is 0. The summed E-state index contributed by atoms with van der Waals surface area (Å²) < 4.78 is 5.44. The number of nitrogens with one attached hydrogen (secondary N) is 1. The van der Waals surface area contributed by atoms with Crippen molar-refractivity contribution in [3.63, 3.8) is 0 Å². The van der Waals surface area contributed by atoms with Crippen LogP contribution in [0.5, 0.6) is 5.75 Å². The first-order valence-corrected chi connectivity index (χ1v) is 8.91. The van der Waals surface area contributed by atoms with Gasteiger partial charge in [-0.2, -0.15) is 0 Å². The molecule has 3 aromatic carbocycles. The van der Waals surface area contributed by atoms with Crippen LogP contribution in [0, 0.1) is 11.8 Å². The smallest absolute Gasteiger partial charge is 0.119 e. The summed E-state index contributed by atoms with van der Waals surface area (Å²) in [6.45, 7) is 0.963. The maximum atomic E-state index is 5.44. The fourth-order valence-corrected chi connectivity index (χ4v) is 3.46. The molecule has 0 bridgehead atoms. The Kier molecular flexibility index (Phi) is 4.73. The Morgan fingerprint density at radius 2 is 1.69 bits per heavy atom. The molecule has 1 N–H and O–H groups in total. The first-order chi connectivity index (χ1) is 12.8. The summed E-state index contributed by atoms with van der Waals surface area (Å²) in [6.07, 6.45) is 1.04. The molecule has 4 rings (SSSR count). The first kappa shape index (κ1) is 16.4. The van der Waals surface area contributed by atoms with Crippen LogP contribution in [0.25, 0.3) is 0 Å². The zero-order valence-electron chi connectivity index (χ0n) is 14.8. The Morgan fingerprint density at radius 3 is 2.54 bits per heavy atom. The fraction of sp³-hybridized carbons (Fsp3) is 0.167. The van der Waals surface area contributed by atoms with Crippen molar-refractivity contribution in [2.45, 2.75) is 12.5 Å². The van der Waals surface area contributed by atoms with E-state index in [9.17, 15) is 0 Å². The van der Waals surface area contributed by atoms with Crippen molar-refractivity contribution in [3.8, 4) is 17.6 Å². The molecule has 1 heterocycles. The van der Waals surface area contributed by atoms with Gasteiger partial charge in [0.15, 0.2) is 0 Å². The lowest BCUT2D eigenvalue weighted by molar-refractivity contribution is 0.412. The van der Waals surface area contributed by atoms with Gasteiger partial charge in [0, 0.05) is 17.7 Å². The van der Waals surface area contributed by atoms with Crippen LogP contribution in [0.2, 0.25) is 0 Å². The van der Waals surface area contributed by atoms with Gasteiger partial charge in [-0.25, -0.2) is 0 Å². The van der Waals surface area contributed by atoms with E-state index in [-0.39, 0.29) is 6.04 Å². The van der Waals surface area contributed by atoms with Crippen molar-refractivity contribution in [1.82, 2.24) is 5.32 Å². The lowest BCUT2D eigenvalue weighted by Gasteiger charge is -2.28. The standard InChI is InChI=1S/C24H21NO/c1-26-21-14-13-20-15-16-25-24(23(20)17-21)22-10-6-5-9-19(22)12-11-18-7-3-2-4-8-18/h2-10,13-14,17,24-25H,15-16H2,1H3. The maximum Gasteiger partial charge on any atom is 0.119 e. The maximum absolute atomic E-state index is 5.44. The van der Waals surface area contributed by atoms with Crippen LogP contribution in [0.4, 0.5) is 0 Å². The molecule has 0 radical (unpaired) electrons. The molecule has 0 fully saturated rings. The van der Waals surface area contributed by atoms with Gasteiger partial charge >= 0.3 is 0 Å². The van der Waals surface area contributed by atoms with Gasteiger partial charge in [-0.15, -0.1) is 0 Å². The van der Waals surface area contributed by atoms with E-state index in [0.717, 1.165) is 29.8 Å². The van der Waals surface area contributed by atoms with Gasteiger partial charge in [0.05, 0.1) is 13.2 Å². The predicted molar refractivity (Wildman–Crippen MR) is 105 cm³/mol. The van der Waals surface area contributed by atoms with E-state index in [4.69, 9.17) is 4.74 Å². The van der Waals surface area contributed by atoms with Crippen LogP contribution in [0.1, 0.15) is 33.9 Å². The number of methoxy groups -OCH3 is 1. The molecule has 3 aromatic rings. The van der Waals surface area contributed by atoms with Crippen molar-refractivity contribution in [2.24, 2.45) is 0 Å². The highest BCUT2D eigenvalue weighted by molar-refractivity contribution is 5.52. The van der Waals surface area contributed by atoms with Crippen molar-refractivity contribution in [1.29, 1.82) is 0 Å². The number of hydrogen-bond donors (Lipinski definition) is 1. The topological polar surface area (TPSA) is 21.3 Å². The molecule has 1 atom stereocenters. The summed E-state index contributed by atoms with van der Waals surface area (Å²) in [7, 11) is 1.71. The van der Waals surface area contributed by atoms with Crippen molar-refractivity contribution in [3.05, 3.63) is 101 Å². The molecule has 2 nitrogen and oxygen atoms in total. The molecule has 0 aliphatic carbocycles. The second kappa shape index (κ2) is 7.47. The summed E-state index contributed by atoms with van der Waals surface area (Å²) in [5, 5.41) is 3.66. The zero-order valence-corrected chi connectivity index (χ0v) is 14.8. The van der Waals surface area contributed by atoms with Gasteiger partial charge in [0.2, 0.25) is 0 Å². The minimum atomic E-state index is 0.134. The van der Waals surface area contributed by atoms with E-state index in [1.165, 1.54) is 16.7 Å². The van der Waals surface area contributed by atoms with Gasteiger partial charge in [-0.05, 0) is 53.4 Å². The highest BCUT2D eigenvalue weighted by Gasteiger charge is 2.23. The molecule has 0 aromatic heterocycles. The SMILES string of the molecule is COc1ccc2c(c1)C(c1ccccc1C#Cc1ccccc1)NCC2. The van der Waals surface area contributed by atoms with Crippen LogP contribution in [-0.2, 0) is 6.42 Å². The molecule has 1 aliphatic rings. The summed E-state index contributed by atoms with van der Waals surface area (Å²) in [5.41, 5.74) is 5.96. The number of fused-ring (bicyclic) bond motifs is 1. The van der Waals surface area contributed by atoms with Crippen LogP contribution >= 0.6 is 0 Å². The molecule has 0 saturated heterocycles. The highest BCUT2D eigenvalue weighted by Crippen LogP contribution is 2.32. The Bertz CT molecular complexity index is 966. The van der Waals surface area contributed by atoms with Crippen LogP contribution < -0.4 is 10.1 Å². The summed E-state index contributed by atoms with van der Waals surface area (Å²) >= 11 is 0. The second-order valence-electron chi connectivity index (χ2n) is 6.41. The van der Waals surface area contributed by atoms with Crippen LogP contribution in [0.3, 0.4) is 0 Å². The third kappa shape index (κ3) is 3.35. The first-order valence-electron chi connectivity index (χ1n) is 8.91. The second-order valence-corrected chi connectivity index (χ2v) is 6.41. The summed E-state index contributed by atoms with van der Waals surface area (Å²) in [6, 6.07) is 25.0. The quantitative estimate of drug-likeness (QED) is 0.702. The van der Waals surface area contributed by atoms with E-state index in [0.29, 0.717) is 0 Å². The molecule has 1 aliphatic heterocycles. The Labute approximate surface area is 154 Å². The number of rotatable bonds is 2. The van der Waals surface area contributed by atoms with E-state index in [2.05, 4.69) is 47.5 Å². The monoisotopic (exact) mass is 339 g/mol. The largest absolute Gasteiger partial charge is 0.497 e. The fourth-order valence-electron chi connectivity index (χ4n) is 3.46. The normalized spacial score (nSPS) is 15.5. The molecular formula is C24H21NO. The minimum absolute atomic E-state index is 0.134. The van der Waals surface area contributed by atoms with Gasteiger partial charge < -0.3 is 10.1 Å². The molecule has 2 heteroatoms. The number of ether oxygens (including phenoxy) is 1. The van der Waals surface area contributed by atoms with E-state index in [1.54, 1.807) is 7.11 Å². The predicted octanol–water partition coefficient (Wildman–Crippen LogP) is 4.33. The van der Waals surface area contributed by atoms with Gasteiger partial charge in [0.25, 0.3) is 0 Å². The lowest BCUT2D eigenvalue weighted by Crippen LogP contribution is -2.31. The van der Waals surface area contributed by atoms with E-state index < -0.39 is 0 Å². The average molecular weight is 339 g/mol. The van der Waals surface area contributed by atoms with Crippen molar-refractivity contribution in [2.75, 3.05) is 13.7 Å². The van der Waals surface area contributed by atoms with E-state index >= 15 is 0 Å². The van der Waals surface area contributed by atoms with Crippen molar-refractivity contribution < 1.29 is 4.74 Å². The summed E-state index contributed by atoms with van der Waals surface area (Å²) in [5.74, 6) is 7.54. The average Bonchev–Trinajstić information content (AvgIpc) is 2.72.